The Bertz CT molecular complexity index is 404. The van der Waals surface area contributed by atoms with Gasteiger partial charge in [0.25, 0.3) is 0 Å². The molecule has 0 radical (unpaired) electrons. The van der Waals surface area contributed by atoms with Crippen LogP contribution in [0, 0.1) is 0 Å². The first-order valence-electron chi connectivity index (χ1n) is 7.11. The molecule has 1 aromatic carbocycles. The van der Waals surface area contributed by atoms with E-state index in [9.17, 15) is 5.11 Å². The van der Waals surface area contributed by atoms with Crippen molar-refractivity contribution in [1.82, 2.24) is 0 Å². The molecule has 0 saturated carbocycles. The molecule has 0 aliphatic heterocycles. The van der Waals surface area contributed by atoms with Gasteiger partial charge in [-0.3, -0.25) is 0 Å². The smallest absolute Gasteiger partial charge is 0.122 e. The number of rotatable bonds is 5. The average molecular weight is 297 g/mol. The van der Waals surface area contributed by atoms with Crippen LogP contribution in [0.5, 0.6) is 5.75 Å². The van der Waals surface area contributed by atoms with E-state index in [2.05, 4.69) is 59.5 Å². The minimum atomic E-state index is -1.04. The summed E-state index contributed by atoms with van der Waals surface area (Å²) in [5.41, 5.74) is 2.17. The van der Waals surface area contributed by atoms with Gasteiger partial charge in [-0.2, -0.15) is 0 Å². The molecule has 1 nitrogen and oxygen atoms in total. The van der Waals surface area contributed by atoms with Crippen LogP contribution in [-0.4, -0.2) is 18.6 Å². The second-order valence-electron chi connectivity index (χ2n) is 7.11. The Morgan fingerprint density at radius 2 is 1.42 bits per heavy atom. The van der Waals surface area contributed by atoms with Crippen LogP contribution >= 0.6 is 11.8 Å². The molecule has 0 atom stereocenters. The number of aromatic hydroxyl groups is 1. The Morgan fingerprint density at radius 3 is 1.74 bits per heavy atom. The van der Waals surface area contributed by atoms with Crippen LogP contribution in [0.4, 0.5) is 0 Å². The average Bonchev–Trinajstić information content (AvgIpc) is 2.25. The van der Waals surface area contributed by atoms with E-state index in [0.29, 0.717) is 17.6 Å². The molecule has 0 amide bonds. The molecule has 108 valence electrons. The molecular formula is C16H28OSSi. The van der Waals surface area contributed by atoms with E-state index in [1.54, 1.807) is 0 Å². The highest BCUT2D eigenvalue weighted by Gasteiger charge is 2.17. The van der Waals surface area contributed by atoms with E-state index in [4.69, 9.17) is 0 Å². The van der Waals surface area contributed by atoms with Crippen LogP contribution in [0.2, 0.25) is 19.6 Å². The van der Waals surface area contributed by atoms with Crippen molar-refractivity contribution in [2.75, 3.05) is 5.38 Å². The van der Waals surface area contributed by atoms with E-state index in [0.717, 1.165) is 11.1 Å². The molecule has 19 heavy (non-hydrogen) atoms. The van der Waals surface area contributed by atoms with Crippen LogP contribution < -0.4 is 0 Å². The molecule has 1 N–H and O–H groups in total. The van der Waals surface area contributed by atoms with Gasteiger partial charge in [0.2, 0.25) is 0 Å². The van der Waals surface area contributed by atoms with Crippen molar-refractivity contribution in [3.8, 4) is 5.75 Å². The Balaban J connectivity index is 3.12. The van der Waals surface area contributed by atoms with Gasteiger partial charge in [-0.05, 0) is 40.5 Å². The normalized spacial score (nSPS) is 12.5. The minimum Gasteiger partial charge on any atom is -0.507 e. The molecule has 0 unspecified atom stereocenters. The molecule has 0 aliphatic carbocycles. The maximum Gasteiger partial charge on any atom is 0.122 e. The summed E-state index contributed by atoms with van der Waals surface area (Å²) >= 11 is 1.95. The molecule has 0 saturated heterocycles. The highest BCUT2D eigenvalue weighted by Crippen LogP contribution is 2.37. The summed E-state index contributed by atoms with van der Waals surface area (Å²) in [7, 11) is -1.04. The number of benzene rings is 1. The lowest BCUT2D eigenvalue weighted by molar-refractivity contribution is 0.453. The van der Waals surface area contributed by atoms with Crippen LogP contribution in [0.15, 0.2) is 17.0 Å². The third-order valence-corrected chi connectivity index (χ3v) is 7.67. The van der Waals surface area contributed by atoms with Gasteiger partial charge in [0.05, 0.1) is 8.07 Å². The molecule has 1 aromatic rings. The van der Waals surface area contributed by atoms with E-state index in [1.807, 2.05) is 11.8 Å². The summed E-state index contributed by atoms with van der Waals surface area (Å²) in [6.45, 7) is 15.8. The first kappa shape index (κ1) is 16.6. The van der Waals surface area contributed by atoms with Crippen molar-refractivity contribution in [2.45, 2.75) is 64.1 Å². The number of hydrogen-bond acceptors (Lipinski definition) is 2. The quantitative estimate of drug-likeness (QED) is 0.563. The molecule has 0 heterocycles. The van der Waals surface area contributed by atoms with Crippen molar-refractivity contribution in [1.29, 1.82) is 0 Å². The van der Waals surface area contributed by atoms with Gasteiger partial charge in [0.15, 0.2) is 0 Å². The third-order valence-electron chi connectivity index (χ3n) is 3.06. The molecule has 0 spiro atoms. The summed E-state index contributed by atoms with van der Waals surface area (Å²) in [5.74, 6) is 1.23. The number of phenolic OH excluding ortho intramolecular Hbond substituents is 1. The second-order valence-corrected chi connectivity index (χ2v) is 14.1. The van der Waals surface area contributed by atoms with E-state index in [1.165, 1.54) is 10.3 Å². The second kappa shape index (κ2) is 6.36. The van der Waals surface area contributed by atoms with Gasteiger partial charge in [0.1, 0.15) is 5.75 Å². The van der Waals surface area contributed by atoms with Gasteiger partial charge >= 0.3 is 0 Å². The number of thioether (sulfide) groups is 1. The van der Waals surface area contributed by atoms with Crippen molar-refractivity contribution >= 4 is 19.8 Å². The maximum atomic E-state index is 10.4. The molecule has 0 aromatic heterocycles. The standard InChI is InChI=1S/C16H28OSSi/c1-11(2)14-8-13(18-10-19(5,6)7)9-15(12(3)4)16(14)17/h8-9,11-12,17H,10H2,1-7H3. The minimum absolute atomic E-state index is 0.366. The highest BCUT2D eigenvalue weighted by atomic mass is 32.2. The van der Waals surface area contributed by atoms with Crippen LogP contribution in [0.25, 0.3) is 0 Å². The Labute approximate surface area is 123 Å². The summed E-state index contributed by atoms with van der Waals surface area (Å²) in [6, 6.07) is 4.35. The molecular weight excluding hydrogens is 268 g/mol. The molecule has 0 aliphatic rings. The predicted molar refractivity (Wildman–Crippen MR) is 90.4 cm³/mol. The van der Waals surface area contributed by atoms with Gasteiger partial charge in [-0.15, -0.1) is 11.8 Å². The lowest BCUT2D eigenvalue weighted by atomic mass is 9.94. The lowest BCUT2D eigenvalue weighted by Gasteiger charge is -2.19. The number of hydrogen-bond donors (Lipinski definition) is 1. The van der Waals surface area contributed by atoms with Crippen molar-refractivity contribution in [3.05, 3.63) is 23.3 Å². The Morgan fingerprint density at radius 1 is 1.00 bits per heavy atom. The Kier molecular flexibility index (Phi) is 5.57. The summed E-state index contributed by atoms with van der Waals surface area (Å²) in [6.07, 6.45) is 0. The topological polar surface area (TPSA) is 20.2 Å². The predicted octanol–water partition coefficient (Wildman–Crippen LogP) is 5.61. The summed E-state index contributed by atoms with van der Waals surface area (Å²) in [5, 5.41) is 11.6. The van der Waals surface area contributed by atoms with Gasteiger partial charge in [-0.1, -0.05) is 47.3 Å². The zero-order chi connectivity index (χ0) is 14.8. The lowest BCUT2D eigenvalue weighted by Crippen LogP contribution is -2.23. The maximum absolute atomic E-state index is 10.4. The van der Waals surface area contributed by atoms with Crippen molar-refractivity contribution in [3.63, 3.8) is 0 Å². The first-order chi connectivity index (χ1) is 8.61. The third kappa shape index (κ3) is 4.88. The molecule has 0 bridgehead atoms. The Hall–Kier alpha value is -0.413. The monoisotopic (exact) mass is 296 g/mol. The highest BCUT2D eigenvalue weighted by molar-refractivity contribution is 8.01. The van der Waals surface area contributed by atoms with Crippen LogP contribution in [-0.2, 0) is 0 Å². The zero-order valence-corrected chi connectivity index (χ0v) is 15.2. The van der Waals surface area contributed by atoms with Gasteiger partial charge in [0, 0.05) is 4.90 Å². The van der Waals surface area contributed by atoms with Crippen LogP contribution in [0.3, 0.4) is 0 Å². The van der Waals surface area contributed by atoms with E-state index in [-0.39, 0.29) is 0 Å². The van der Waals surface area contributed by atoms with Crippen molar-refractivity contribution in [2.24, 2.45) is 0 Å². The zero-order valence-electron chi connectivity index (χ0n) is 13.4. The van der Waals surface area contributed by atoms with Gasteiger partial charge in [-0.25, -0.2) is 0 Å². The fourth-order valence-corrected chi connectivity index (χ4v) is 4.73. The van der Waals surface area contributed by atoms with Gasteiger partial charge < -0.3 is 5.11 Å². The fraction of sp³-hybridized carbons (Fsp3) is 0.625. The fourth-order valence-electron chi connectivity index (χ4n) is 1.91. The van der Waals surface area contributed by atoms with Crippen molar-refractivity contribution < 1.29 is 5.11 Å². The summed E-state index contributed by atoms with van der Waals surface area (Å²) < 4.78 is 0. The SMILES string of the molecule is CC(C)c1cc(SC[Si](C)(C)C)cc(C(C)C)c1O. The van der Waals surface area contributed by atoms with E-state index < -0.39 is 8.07 Å². The summed E-state index contributed by atoms with van der Waals surface area (Å²) in [4.78, 5) is 1.31. The first-order valence-corrected chi connectivity index (χ1v) is 11.8. The largest absolute Gasteiger partial charge is 0.507 e. The molecule has 0 fully saturated rings. The molecule has 3 heteroatoms. The molecule has 1 rings (SSSR count). The number of phenols is 1. The van der Waals surface area contributed by atoms with Crippen LogP contribution in [0.1, 0.15) is 50.7 Å². The van der Waals surface area contributed by atoms with E-state index >= 15 is 0 Å².